The summed E-state index contributed by atoms with van der Waals surface area (Å²) in [6.07, 6.45) is 0. The number of nitriles is 1. The summed E-state index contributed by atoms with van der Waals surface area (Å²) in [5.41, 5.74) is 1.56. The molecule has 84 valence electrons. The molecule has 2 nitrogen and oxygen atoms in total. The monoisotopic (exact) mass is 287 g/mol. The lowest BCUT2D eigenvalue weighted by molar-refractivity contribution is 0.477. The molecule has 0 amide bonds. The first-order valence-electron chi connectivity index (χ1n) is 5.14. The van der Waals surface area contributed by atoms with Gasteiger partial charge in [0.05, 0.1) is 5.56 Å². The van der Waals surface area contributed by atoms with Gasteiger partial charge < -0.3 is 4.74 Å². The van der Waals surface area contributed by atoms with E-state index in [4.69, 9.17) is 10.00 Å². The summed E-state index contributed by atoms with van der Waals surface area (Å²) in [5.74, 6) is 1.34. The van der Waals surface area contributed by atoms with Crippen LogP contribution in [-0.2, 0) is 0 Å². The minimum atomic E-state index is 0.516. The molecule has 2 aromatic rings. The summed E-state index contributed by atoms with van der Waals surface area (Å²) >= 11 is 3.33. The maximum absolute atomic E-state index is 9.04. The van der Waals surface area contributed by atoms with Gasteiger partial charge in [0.25, 0.3) is 0 Å². The van der Waals surface area contributed by atoms with Crippen molar-refractivity contribution >= 4 is 15.9 Å². The van der Waals surface area contributed by atoms with E-state index in [1.807, 2.05) is 37.3 Å². The number of rotatable bonds is 2. The Balaban J connectivity index is 2.37. The molecule has 0 unspecified atom stereocenters. The van der Waals surface area contributed by atoms with Gasteiger partial charge in [-0.2, -0.15) is 5.26 Å². The van der Waals surface area contributed by atoms with Gasteiger partial charge in [0.1, 0.15) is 17.6 Å². The quantitative estimate of drug-likeness (QED) is 0.819. The van der Waals surface area contributed by atoms with Gasteiger partial charge in [-0.05, 0) is 36.8 Å². The fourth-order valence-electron chi connectivity index (χ4n) is 1.47. The lowest BCUT2D eigenvalue weighted by Crippen LogP contribution is -1.90. The standard InChI is InChI=1S/C14H10BrNO/c1-10-4-2-3-5-13(10)17-14-7-6-12(15)8-11(14)9-16/h2-8H,1H3. The molecule has 0 N–H and O–H groups in total. The molecule has 2 rings (SSSR count). The predicted molar refractivity (Wildman–Crippen MR) is 70.1 cm³/mol. The van der Waals surface area contributed by atoms with Crippen LogP contribution in [-0.4, -0.2) is 0 Å². The third kappa shape index (κ3) is 2.66. The Bertz CT molecular complexity index is 587. The highest BCUT2D eigenvalue weighted by atomic mass is 79.9. The van der Waals surface area contributed by atoms with Gasteiger partial charge in [0, 0.05) is 4.47 Å². The van der Waals surface area contributed by atoms with Gasteiger partial charge in [-0.3, -0.25) is 0 Å². The molecule has 0 radical (unpaired) electrons. The molecule has 0 heterocycles. The van der Waals surface area contributed by atoms with Crippen molar-refractivity contribution in [3.05, 3.63) is 58.1 Å². The number of hydrogen-bond donors (Lipinski definition) is 0. The fourth-order valence-corrected chi connectivity index (χ4v) is 1.83. The maximum atomic E-state index is 9.04. The van der Waals surface area contributed by atoms with E-state index in [2.05, 4.69) is 22.0 Å². The number of para-hydroxylation sites is 1. The molecule has 3 heteroatoms. The van der Waals surface area contributed by atoms with Crippen LogP contribution in [0.15, 0.2) is 46.9 Å². The molecular weight excluding hydrogens is 278 g/mol. The van der Waals surface area contributed by atoms with E-state index in [0.29, 0.717) is 11.3 Å². The molecule has 0 spiro atoms. The second-order valence-corrected chi connectivity index (χ2v) is 4.54. The first-order valence-corrected chi connectivity index (χ1v) is 5.93. The molecular formula is C14H10BrNO. The molecule has 0 aromatic heterocycles. The van der Waals surface area contributed by atoms with Crippen LogP contribution in [0.2, 0.25) is 0 Å². The van der Waals surface area contributed by atoms with Crippen LogP contribution in [0, 0.1) is 18.3 Å². The summed E-state index contributed by atoms with van der Waals surface area (Å²) in [6, 6.07) is 15.2. The Labute approximate surface area is 109 Å². The van der Waals surface area contributed by atoms with Gasteiger partial charge in [0.2, 0.25) is 0 Å². The number of nitrogens with zero attached hydrogens (tertiary/aromatic N) is 1. The summed E-state index contributed by atoms with van der Waals surface area (Å²) in [6.45, 7) is 1.97. The Morgan fingerprint density at radius 3 is 2.59 bits per heavy atom. The van der Waals surface area contributed by atoms with Crippen LogP contribution in [0.3, 0.4) is 0 Å². The lowest BCUT2D eigenvalue weighted by atomic mass is 10.2. The van der Waals surface area contributed by atoms with Crippen molar-refractivity contribution in [2.75, 3.05) is 0 Å². The molecule has 0 saturated heterocycles. The highest BCUT2D eigenvalue weighted by Crippen LogP contribution is 2.29. The average molecular weight is 288 g/mol. The van der Waals surface area contributed by atoms with Crippen molar-refractivity contribution in [2.24, 2.45) is 0 Å². The average Bonchev–Trinajstić information content (AvgIpc) is 2.34. The summed E-state index contributed by atoms with van der Waals surface area (Å²) in [7, 11) is 0. The third-order valence-electron chi connectivity index (χ3n) is 2.38. The topological polar surface area (TPSA) is 33.0 Å². The highest BCUT2D eigenvalue weighted by molar-refractivity contribution is 9.10. The van der Waals surface area contributed by atoms with Crippen molar-refractivity contribution in [3.8, 4) is 17.6 Å². The molecule has 0 atom stereocenters. The van der Waals surface area contributed by atoms with Crippen molar-refractivity contribution in [1.82, 2.24) is 0 Å². The van der Waals surface area contributed by atoms with Gasteiger partial charge in [0.15, 0.2) is 0 Å². The minimum absolute atomic E-state index is 0.516. The molecule has 0 fully saturated rings. The second kappa shape index (κ2) is 5.03. The molecule has 0 bridgehead atoms. The molecule has 17 heavy (non-hydrogen) atoms. The zero-order chi connectivity index (χ0) is 12.3. The smallest absolute Gasteiger partial charge is 0.145 e. The first kappa shape index (κ1) is 11.7. The Hall–Kier alpha value is -1.79. The van der Waals surface area contributed by atoms with E-state index in [-0.39, 0.29) is 0 Å². The third-order valence-corrected chi connectivity index (χ3v) is 2.87. The molecule has 2 aromatic carbocycles. The van der Waals surface area contributed by atoms with Gasteiger partial charge in [-0.25, -0.2) is 0 Å². The van der Waals surface area contributed by atoms with E-state index in [0.717, 1.165) is 15.8 Å². The molecule has 0 saturated carbocycles. The molecule has 0 aliphatic carbocycles. The van der Waals surface area contributed by atoms with E-state index in [1.165, 1.54) is 0 Å². The fraction of sp³-hybridized carbons (Fsp3) is 0.0714. The summed E-state index contributed by atoms with van der Waals surface area (Å²) in [4.78, 5) is 0. The van der Waals surface area contributed by atoms with Gasteiger partial charge >= 0.3 is 0 Å². The number of hydrogen-bond acceptors (Lipinski definition) is 2. The van der Waals surface area contributed by atoms with Crippen molar-refractivity contribution in [1.29, 1.82) is 5.26 Å². The zero-order valence-corrected chi connectivity index (χ0v) is 10.9. The molecule has 0 aliphatic heterocycles. The van der Waals surface area contributed by atoms with Gasteiger partial charge in [-0.15, -0.1) is 0 Å². The van der Waals surface area contributed by atoms with E-state index in [1.54, 1.807) is 12.1 Å². The Morgan fingerprint density at radius 2 is 1.88 bits per heavy atom. The number of halogens is 1. The van der Waals surface area contributed by atoms with Crippen LogP contribution in [0.4, 0.5) is 0 Å². The molecule has 0 aliphatic rings. The van der Waals surface area contributed by atoms with Crippen LogP contribution >= 0.6 is 15.9 Å². The van der Waals surface area contributed by atoms with Crippen LogP contribution in [0.25, 0.3) is 0 Å². The van der Waals surface area contributed by atoms with Gasteiger partial charge in [-0.1, -0.05) is 34.1 Å². The van der Waals surface area contributed by atoms with Crippen molar-refractivity contribution in [2.45, 2.75) is 6.92 Å². The summed E-state index contributed by atoms with van der Waals surface area (Å²) in [5, 5.41) is 9.04. The van der Waals surface area contributed by atoms with Crippen molar-refractivity contribution < 1.29 is 4.74 Å². The van der Waals surface area contributed by atoms with Crippen LogP contribution in [0.1, 0.15) is 11.1 Å². The van der Waals surface area contributed by atoms with E-state index >= 15 is 0 Å². The minimum Gasteiger partial charge on any atom is -0.456 e. The zero-order valence-electron chi connectivity index (χ0n) is 9.27. The van der Waals surface area contributed by atoms with E-state index in [9.17, 15) is 0 Å². The second-order valence-electron chi connectivity index (χ2n) is 3.62. The van der Waals surface area contributed by atoms with E-state index < -0.39 is 0 Å². The van der Waals surface area contributed by atoms with Crippen molar-refractivity contribution in [3.63, 3.8) is 0 Å². The maximum Gasteiger partial charge on any atom is 0.145 e. The predicted octanol–water partition coefficient (Wildman–Crippen LogP) is 4.42. The largest absolute Gasteiger partial charge is 0.456 e. The normalized spacial score (nSPS) is 9.71. The highest BCUT2D eigenvalue weighted by Gasteiger charge is 2.06. The SMILES string of the molecule is Cc1ccccc1Oc1ccc(Br)cc1C#N. The lowest BCUT2D eigenvalue weighted by Gasteiger charge is -2.09. The first-order chi connectivity index (χ1) is 8.20. The Morgan fingerprint density at radius 1 is 1.12 bits per heavy atom. The number of ether oxygens (including phenoxy) is 1. The van der Waals surface area contributed by atoms with Crippen LogP contribution < -0.4 is 4.74 Å². The number of aryl methyl sites for hydroxylation is 1. The number of benzene rings is 2. The van der Waals surface area contributed by atoms with Crippen LogP contribution in [0.5, 0.6) is 11.5 Å². The Kier molecular flexibility index (Phi) is 3.46. The summed E-state index contributed by atoms with van der Waals surface area (Å²) < 4.78 is 6.61.